The van der Waals surface area contributed by atoms with Gasteiger partial charge in [0.15, 0.2) is 0 Å². The van der Waals surface area contributed by atoms with E-state index in [9.17, 15) is 9.18 Å². The summed E-state index contributed by atoms with van der Waals surface area (Å²) in [6, 6.07) is 3.83. The van der Waals surface area contributed by atoms with Gasteiger partial charge in [0.05, 0.1) is 12.7 Å². The van der Waals surface area contributed by atoms with Crippen LogP contribution in [0.3, 0.4) is 0 Å². The van der Waals surface area contributed by atoms with Crippen molar-refractivity contribution in [1.82, 2.24) is 10.2 Å². The molecule has 1 aromatic rings. The Morgan fingerprint density at radius 3 is 2.90 bits per heavy atom. The number of halogens is 3. The molecule has 0 unspecified atom stereocenters. The van der Waals surface area contributed by atoms with Gasteiger partial charge >= 0.3 is 0 Å². The van der Waals surface area contributed by atoms with Crippen LogP contribution < -0.4 is 5.32 Å². The number of morpholine rings is 1. The lowest BCUT2D eigenvalue weighted by Crippen LogP contribution is -2.55. The number of carbonyl (C=O) groups excluding carboxylic acids is 1. The van der Waals surface area contributed by atoms with Gasteiger partial charge in [0.25, 0.3) is 0 Å². The van der Waals surface area contributed by atoms with Gasteiger partial charge in [-0.2, -0.15) is 0 Å². The Balaban J connectivity index is 0.00000220. The van der Waals surface area contributed by atoms with Crippen LogP contribution in [0, 0.1) is 5.82 Å². The predicted molar refractivity (Wildman–Crippen MR) is 82.3 cm³/mol. The number of amides is 1. The lowest BCUT2D eigenvalue weighted by atomic mass is 10.1. The minimum absolute atomic E-state index is 0. The van der Waals surface area contributed by atoms with E-state index in [4.69, 9.17) is 16.3 Å². The normalized spacial score (nSPS) is 21.5. The minimum Gasteiger partial charge on any atom is -0.375 e. The molecule has 0 aromatic heterocycles. The number of hydrogen-bond donors (Lipinski definition) is 1. The fourth-order valence-electron chi connectivity index (χ4n) is 2.23. The molecule has 7 heteroatoms. The average molecular weight is 337 g/mol. The first-order valence-corrected chi connectivity index (χ1v) is 6.90. The maximum atomic E-state index is 13.0. The second-order valence-corrected chi connectivity index (χ2v) is 5.34. The van der Waals surface area contributed by atoms with Gasteiger partial charge in [0, 0.05) is 25.2 Å². The predicted octanol–water partition coefficient (Wildman–Crippen LogP) is 2.24. The van der Waals surface area contributed by atoms with E-state index in [2.05, 4.69) is 5.32 Å². The third-order valence-electron chi connectivity index (χ3n) is 3.38. The summed E-state index contributed by atoms with van der Waals surface area (Å²) < 4.78 is 18.5. The molecule has 1 fully saturated rings. The van der Waals surface area contributed by atoms with Crippen molar-refractivity contribution in [3.8, 4) is 0 Å². The van der Waals surface area contributed by atoms with Crippen LogP contribution in [-0.4, -0.2) is 43.2 Å². The SMILES string of the molecule is C[C@H]1OCCN[C@@H]1C(=O)N(C)Cc1ccc(F)cc1Cl.Cl. The van der Waals surface area contributed by atoms with Gasteiger partial charge in [-0.1, -0.05) is 17.7 Å². The standard InChI is InChI=1S/C14H18ClFN2O2.ClH/c1-9-13(17-5-6-20-9)14(19)18(2)8-10-3-4-11(16)7-12(10)15;/h3-4,7,9,13,17H,5-6,8H2,1-2H3;1H/t9-,13+;/m1./s1. The van der Waals surface area contributed by atoms with Crippen LogP contribution in [0.5, 0.6) is 0 Å². The first kappa shape index (κ1) is 18.2. The second kappa shape index (κ2) is 7.94. The van der Waals surface area contributed by atoms with Gasteiger partial charge < -0.3 is 15.0 Å². The van der Waals surface area contributed by atoms with Crippen LogP contribution >= 0.6 is 24.0 Å². The Bertz CT molecular complexity index is 502. The molecule has 1 heterocycles. The van der Waals surface area contributed by atoms with Gasteiger partial charge in [-0.15, -0.1) is 12.4 Å². The third-order valence-corrected chi connectivity index (χ3v) is 3.73. The first-order valence-electron chi connectivity index (χ1n) is 6.53. The Kier molecular flexibility index (Phi) is 6.87. The molecule has 2 atom stereocenters. The van der Waals surface area contributed by atoms with E-state index in [1.807, 2.05) is 6.92 Å². The highest BCUT2D eigenvalue weighted by Crippen LogP contribution is 2.19. The van der Waals surface area contributed by atoms with E-state index < -0.39 is 0 Å². The summed E-state index contributed by atoms with van der Waals surface area (Å²) in [7, 11) is 1.70. The van der Waals surface area contributed by atoms with Gasteiger partial charge in [-0.3, -0.25) is 4.79 Å². The Labute approximate surface area is 135 Å². The van der Waals surface area contributed by atoms with Gasteiger partial charge in [-0.05, 0) is 24.6 Å². The lowest BCUT2D eigenvalue weighted by Gasteiger charge is -2.32. The zero-order valence-electron chi connectivity index (χ0n) is 11.9. The number of nitrogens with zero attached hydrogens (tertiary/aromatic N) is 1. The third kappa shape index (κ3) is 4.54. The van der Waals surface area contributed by atoms with Crippen molar-refractivity contribution < 1.29 is 13.9 Å². The smallest absolute Gasteiger partial charge is 0.242 e. The summed E-state index contributed by atoms with van der Waals surface area (Å²) in [5.41, 5.74) is 0.716. The number of likely N-dealkylation sites (N-methyl/N-ethyl adjacent to an activating group) is 1. The number of rotatable bonds is 3. The molecule has 0 bridgehead atoms. The molecule has 0 saturated carbocycles. The number of hydrogen-bond acceptors (Lipinski definition) is 3. The van der Waals surface area contributed by atoms with Crippen LogP contribution in [0.15, 0.2) is 18.2 Å². The van der Waals surface area contributed by atoms with Crippen molar-refractivity contribution in [2.24, 2.45) is 0 Å². The highest BCUT2D eigenvalue weighted by molar-refractivity contribution is 6.31. The molecule has 1 saturated heterocycles. The van der Waals surface area contributed by atoms with Crippen molar-refractivity contribution in [1.29, 1.82) is 0 Å². The molecule has 118 valence electrons. The molecule has 0 radical (unpaired) electrons. The first-order chi connectivity index (χ1) is 9.49. The number of benzene rings is 1. The van der Waals surface area contributed by atoms with Crippen LogP contribution in [0.2, 0.25) is 5.02 Å². The molecule has 1 aromatic carbocycles. The fraction of sp³-hybridized carbons (Fsp3) is 0.500. The number of ether oxygens (including phenoxy) is 1. The van der Waals surface area contributed by atoms with E-state index in [0.29, 0.717) is 30.3 Å². The highest BCUT2D eigenvalue weighted by atomic mass is 35.5. The van der Waals surface area contributed by atoms with Crippen LogP contribution in [0.25, 0.3) is 0 Å². The van der Waals surface area contributed by atoms with E-state index in [1.54, 1.807) is 18.0 Å². The van der Waals surface area contributed by atoms with Crippen LogP contribution in [0.4, 0.5) is 4.39 Å². The van der Waals surface area contributed by atoms with E-state index >= 15 is 0 Å². The fourth-order valence-corrected chi connectivity index (χ4v) is 2.46. The van der Waals surface area contributed by atoms with Crippen molar-refractivity contribution in [3.63, 3.8) is 0 Å². The maximum Gasteiger partial charge on any atom is 0.242 e. The lowest BCUT2D eigenvalue weighted by molar-refractivity contribution is -0.138. The molecule has 1 aliphatic rings. The summed E-state index contributed by atoms with van der Waals surface area (Å²) in [5.74, 6) is -0.443. The zero-order valence-corrected chi connectivity index (χ0v) is 13.5. The highest BCUT2D eigenvalue weighted by Gasteiger charge is 2.30. The summed E-state index contributed by atoms with van der Waals surface area (Å²) >= 11 is 5.97. The maximum absolute atomic E-state index is 13.0. The monoisotopic (exact) mass is 336 g/mol. The largest absolute Gasteiger partial charge is 0.375 e. The molecular formula is C14H19Cl2FN2O2. The van der Waals surface area contributed by atoms with E-state index in [0.717, 1.165) is 0 Å². The molecular weight excluding hydrogens is 318 g/mol. The topological polar surface area (TPSA) is 41.6 Å². The molecule has 2 rings (SSSR count). The second-order valence-electron chi connectivity index (χ2n) is 4.94. The molecule has 0 aliphatic carbocycles. The molecule has 21 heavy (non-hydrogen) atoms. The Morgan fingerprint density at radius 1 is 1.57 bits per heavy atom. The Morgan fingerprint density at radius 2 is 2.29 bits per heavy atom. The average Bonchev–Trinajstić information content (AvgIpc) is 2.41. The minimum atomic E-state index is -0.385. The van der Waals surface area contributed by atoms with Gasteiger partial charge in [0.2, 0.25) is 5.91 Å². The van der Waals surface area contributed by atoms with Crippen LogP contribution in [-0.2, 0) is 16.1 Å². The molecule has 1 aliphatic heterocycles. The number of nitrogens with one attached hydrogen (secondary N) is 1. The number of carbonyl (C=O) groups is 1. The quantitative estimate of drug-likeness (QED) is 0.920. The van der Waals surface area contributed by atoms with Gasteiger partial charge in [0.1, 0.15) is 11.9 Å². The molecule has 0 spiro atoms. The molecule has 4 nitrogen and oxygen atoms in total. The Hall–Kier alpha value is -0.880. The summed E-state index contributed by atoms with van der Waals surface area (Å²) in [5, 5.41) is 3.47. The molecule has 1 N–H and O–H groups in total. The van der Waals surface area contributed by atoms with E-state index in [1.165, 1.54) is 12.1 Å². The van der Waals surface area contributed by atoms with Gasteiger partial charge in [-0.25, -0.2) is 4.39 Å². The van der Waals surface area contributed by atoms with Crippen LogP contribution in [0.1, 0.15) is 12.5 Å². The van der Waals surface area contributed by atoms with Crippen molar-refractivity contribution in [3.05, 3.63) is 34.6 Å². The summed E-state index contributed by atoms with van der Waals surface area (Å²) in [6.07, 6.45) is -0.164. The summed E-state index contributed by atoms with van der Waals surface area (Å²) in [4.78, 5) is 13.9. The molecule has 1 amide bonds. The van der Waals surface area contributed by atoms with E-state index in [-0.39, 0.29) is 36.3 Å². The van der Waals surface area contributed by atoms with Crippen molar-refractivity contribution >= 4 is 29.9 Å². The zero-order chi connectivity index (χ0) is 14.7. The van der Waals surface area contributed by atoms with Crippen molar-refractivity contribution in [2.45, 2.75) is 25.6 Å². The van der Waals surface area contributed by atoms with Crippen molar-refractivity contribution in [2.75, 3.05) is 20.2 Å². The summed E-state index contributed by atoms with van der Waals surface area (Å²) in [6.45, 7) is 3.47.